The van der Waals surface area contributed by atoms with Crippen molar-refractivity contribution in [1.29, 1.82) is 5.26 Å². The van der Waals surface area contributed by atoms with Crippen LogP contribution in [0.4, 0.5) is 5.69 Å². The van der Waals surface area contributed by atoms with Crippen LogP contribution in [-0.4, -0.2) is 19.1 Å². The largest absolute Gasteiger partial charge is 0.494 e. The van der Waals surface area contributed by atoms with Gasteiger partial charge < -0.3 is 14.8 Å². The summed E-state index contributed by atoms with van der Waals surface area (Å²) in [5.74, 6) is 0.897. The van der Waals surface area contributed by atoms with Crippen molar-refractivity contribution >= 4 is 33.6 Å². The number of amides is 1. The van der Waals surface area contributed by atoms with Gasteiger partial charge in [-0.05, 0) is 61.9 Å². The van der Waals surface area contributed by atoms with Gasteiger partial charge in [-0.25, -0.2) is 0 Å². The highest BCUT2D eigenvalue weighted by Gasteiger charge is 2.12. The summed E-state index contributed by atoms with van der Waals surface area (Å²) in [6.07, 6.45) is 5.99. The van der Waals surface area contributed by atoms with Crippen LogP contribution in [0.15, 0.2) is 52.5 Å². The van der Waals surface area contributed by atoms with Crippen molar-refractivity contribution < 1.29 is 14.3 Å². The molecule has 0 aliphatic rings. The molecule has 6 heteroatoms. The van der Waals surface area contributed by atoms with E-state index in [-0.39, 0.29) is 5.57 Å². The highest BCUT2D eigenvalue weighted by Crippen LogP contribution is 2.26. The van der Waals surface area contributed by atoms with E-state index in [4.69, 9.17) is 9.47 Å². The van der Waals surface area contributed by atoms with Crippen molar-refractivity contribution in [3.63, 3.8) is 0 Å². The number of carbonyl (C=O) groups is 1. The highest BCUT2D eigenvalue weighted by atomic mass is 79.9. The number of benzene rings is 2. The summed E-state index contributed by atoms with van der Waals surface area (Å²) in [5.41, 5.74) is 1.27. The number of rotatable bonds is 11. The Morgan fingerprint density at radius 1 is 1.10 bits per heavy atom. The van der Waals surface area contributed by atoms with Crippen LogP contribution >= 0.6 is 15.9 Å². The van der Waals surface area contributed by atoms with Gasteiger partial charge in [0.05, 0.1) is 13.2 Å². The molecule has 0 saturated heterocycles. The molecule has 0 unspecified atom stereocenters. The lowest BCUT2D eigenvalue weighted by Crippen LogP contribution is -2.13. The molecule has 1 amide bonds. The fourth-order valence-corrected chi connectivity index (χ4v) is 3.16. The Morgan fingerprint density at radius 3 is 2.53 bits per heavy atom. The minimum absolute atomic E-state index is 0.00202. The Bertz CT molecular complexity index is 902. The number of hydrogen-bond donors (Lipinski definition) is 1. The molecule has 158 valence electrons. The van der Waals surface area contributed by atoms with Gasteiger partial charge in [0.2, 0.25) is 0 Å². The monoisotopic (exact) mass is 470 g/mol. The number of nitrogens with zero attached hydrogens (tertiary/aromatic N) is 1. The number of halogens is 1. The second-order valence-electron chi connectivity index (χ2n) is 6.67. The van der Waals surface area contributed by atoms with Gasteiger partial charge >= 0.3 is 0 Å². The molecule has 2 rings (SSSR count). The van der Waals surface area contributed by atoms with Crippen LogP contribution in [0.25, 0.3) is 6.08 Å². The molecule has 0 bridgehead atoms. The summed E-state index contributed by atoms with van der Waals surface area (Å²) in [5, 5.41) is 12.3. The summed E-state index contributed by atoms with van der Waals surface area (Å²) in [7, 11) is 0. The molecule has 0 atom stereocenters. The lowest BCUT2D eigenvalue weighted by molar-refractivity contribution is -0.112. The van der Waals surface area contributed by atoms with E-state index in [0.29, 0.717) is 30.2 Å². The van der Waals surface area contributed by atoms with Gasteiger partial charge in [0, 0.05) is 15.7 Å². The van der Waals surface area contributed by atoms with Crippen molar-refractivity contribution in [2.45, 2.75) is 39.5 Å². The van der Waals surface area contributed by atoms with Gasteiger partial charge in [0.15, 0.2) is 0 Å². The third kappa shape index (κ3) is 7.57. The van der Waals surface area contributed by atoms with E-state index in [1.807, 2.05) is 31.2 Å². The Balaban J connectivity index is 2.12. The van der Waals surface area contributed by atoms with Crippen molar-refractivity contribution in [1.82, 2.24) is 0 Å². The van der Waals surface area contributed by atoms with Gasteiger partial charge in [-0.2, -0.15) is 5.26 Å². The maximum absolute atomic E-state index is 12.6. The molecular formula is C24H27BrN2O3. The molecule has 5 nitrogen and oxygen atoms in total. The molecule has 30 heavy (non-hydrogen) atoms. The zero-order chi connectivity index (χ0) is 21.8. The van der Waals surface area contributed by atoms with Crippen molar-refractivity contribution in [2.24, 2.45) is 0 Å². The predicted octanol–water partition coefficient (Wildman–Crippen LogP) is 6.35. The molecule has 0 fully saturated rings. The van der Waals surface area contributed by atoms with Gasteiger partial charge in [-0.3, -0.25) is 4.79 Å². The highest BCUT2D eigenvalue weighted by molar-refractivity contribution is 9.10. The van der Waals surface area contributed by atoms with Gasteiger partial charge in [-0.1, -0.05) is 42.1 Å². The quantitative estimate of drug-likeness (QED) is 0.235. The molecule has 0 heterocycles. The molecule has 2 aromatic rings. The van der Waals surface area contributed by atoms with E-state index in [1.165, 1.54) is 12.8 Å². The molecule has 0 aliphatic heterocycles. The van der Waals surface area contributed by atoms with Crippen molar-refractivity contribution in [3.8, 4) is 17.6 Å². The first kappa shape index (κ1) is 23.5. The summed E-state index contributed by atoms with van der Waals surface area (Å²) in [6.45, 7) is 5.25. The lowest BCUT2D eigenvalue weighted by atomic mass is 10.1. The van der Waals surface area contributed by atoms with Crippen LogP contribution in [0, 0.1) is 11.3 Å². The topological polar surface area (TPSA) is 71.3 Å². The van der Waals surface area contributed by atoms with Crippen LogP contribution in [-0.2, 0) is 4.79 Å². The average Bonchev–Trinajstić information content (AvgIpc) is 2.74. The maximum Gasteiger partial charge on any atom is 0.266 e. The van der Waals surface area contributed by atoms with Gasteiger partial charge in [0.1, 0.15) is 23.1 Å². The normalized spacial score (nSPS) is 10.9. The fraction of sp³-hybridized carbons (Fsp3) is 0.333. The van der Waals surface area contributed by atoms with E-state index in [2.05, 4.69) is 28.2 Å². The number of carbonyl (C=O) groups excluding carboxylic acids is 1. The Kier molecular flexibility index (Phi) is 9.96. The standard InChI is InChI=1S/C24H27BrN2O3/c1-3-5-6-7-14-30-23-13-8-20(25)16-18(23)15-19(17-26)24(28)27-21-9-11-22(12-10-21)29-4-2/h8-13,15-16H,3-7,14H2,1-2H3,(H,27,28)/b19-15+. The van der Waals surface area contributed by atoms with Crippen molar-refractivity contribution in [2.75, 3.05) is 18.5 Å². The number of unbranched alkanes of at least 4 members (excludes halogenated alkanes) is 3. The third-order valence-electron chi connectivity index (χ3n) is 4.32. The van der Waals surface area contributed by atoms with E-state index in [1.54, 1.807) is 30.3 Å². The van der Waals surface area contributed by atoms with E-state index in [0.717, 1.165) is 23.1 Å². The second kappa shape index (κ2) is 12.7. The zero-order valence-electron chi connectivity index (χ0n) is 17.4. The fourth-order valence-electron chi connectivity index (χ4n) is 2.78. The number of ether oxygens (including phenoxy) is 2. The molecule has 0 aliphatic carbocycles. The molecule has 0 radical (unpaired) electrons. The molecule has 0 aromatic heterocycles. The molecule has 0 spiro atoms. The smallest absolute Gasteiger partial charge is 0.266 e. The zero-order valence-corrected chi connectivity index (χ0v) is 19.0. The molecular weight excluding hydrogens is 444 g/mol. The summed E-state index contributed by atoms with van der Waals surface area (Å²) in [6, 6.07) is 14.6. The Labute approximate surface area is 186 Å². The number of hydrogen-bond acceptors (Lipinski definition) is 4. The SMILES string of the molecule is CCCCCCOc1ccc(Br)cc1/C=C(\C#N)C(=O)Nc1ccc(OCC)cc1. The lowest BCUT2D eigenvalue weighted by Gasteiger charge is -2.11. The first-order chi connectivity index (χ1) is 14.6. The number of nitriles is 1. The molecule has 0 saturated carbocycles. The van der Waals surface area contributed by atoms with Crippen LogP contribution in [0.2, 0.25) is 0 Å². The third-order valence-corrected chi connectivity index (χ3v) is 4.81. The average molecular weight is 471 g/mol. The Hall–Kier alpha value is -2.78. The maximum atomic E-state index is 12.6. The van der Waals surface area contributed by atoms with Crippen LogP contribution in [0.5, 0.6) is 11.5 Å². The predicted molar refractivity (Wildman–Crippen MR) is 124 cm³/mol. The van der Waals surface area contributed by atoms with E-state index in [9.17, 15) is 10.1 Å². The first-order valence-electron chi connectivity index (χ1n) is 10.2. The minimum atomic E-state index is -0.476. The number of anilines is 1. The van der Waals surface area contributed by atoms with E-state index < -0.39 is 5.91 Å². The van der Waals surface area contributed by atoms with Crippen LogP contribution < -0.4 is 14.8 Å². The summed E-state index contributed by atoms with van der Waals surface area (Å²) in [4.78, 5) is 12.6. The Morgan fingerprint density at radius 2 is 1.87 bits per heavy atom. The number of nitrogens with one attached hydrogen (secondary N) is 1. The minimum Gasteiger partial charge on any atom is -0.494 e. The molecule has 1 N–H and O–H groups in total. The summed E-state index contributed by atoms with van der Waals surface area (Å²) >= 11 is 3.44. The van der Waals surface area contributed by atoms with E-state index >= 15 is 0 Å². The van der Waals surface area contributed by atoms with Gasteiger partial charge in [0.25, 0.3) is 5.91 Å². The second-order valence-corrected chi connectivity index (χ2v) is 7.59. The van der Waals surface area contributed by atoms with Crippen LogP contribution in [0.3, 0.4) is 0 Å². The molecule has 2 aromatic carbocycles. The van der Waals surface area contributed by atoms with Crippen LogP contribution in [0.1, 0.15) is 45.1 Å². The van der Waals surface area contributed by atoms with Gasteiger partial charge in [-0.15, -0.1) is 0 Å². The first-order valence-corrected chi connectivity index (χ1v) is 10.9. The summed E-state index contributed by atoms with van der Waals surface area (Å²) < 4.78 is 12.1. The van der Waals surface area contributed by atoms with Crippen molar-refractivity contribution in [3.05, 3.63) is 58.1 Å².